The van der Waals surface area contributed by atoms with Gasteiger partial charge in [0, 0.05) is 6.42 Å². The summed E-state index contributed by atoms with van der Waals surface area (Å²) in [5.74, 6) is -0.0513. The zero-order valence-electron chi connectivity index (χ0n) is 17.3. The number of rotatable bonds is 17. The van der Waals surface area contributed by atoms with Gasteiger partial charge in [-0.25, -0.2) is 9.13 Å². The summed E-state index contributed by atoms with van der Waals surface area (Å²) in [6.07, 6.45) is 23.8. The smallest absolute Gasteiger partial charge is 0.305 e. The van der Waals surface area contributed by atoms with Crippen LogP contribution in [0.15, 0.2) is 18.7 Å². The van der Waals surface area contributed by atoms with Crippen molar-refractivity contribution in [3.63, 3.8) is 0 Å². The lowest BCUT2D eigenvalue weighted by Crippen LogP contribution is -2.24. The normalized spacial score (nSPS) is 11.0. The molecule has 1 rings (SSSR count). The summed E-state index contributed by atoms with van der Waals surface area (Å²) in [4.78, 5) is 11.7. The van der Waals surface area contributed by atoms with E-state index in [0.29, 0.717) is 13.0 Å². The maximum absolute atomic E-state index is 11.7. The first-order valence-corrected chi connectivity index (χ1v) is 10.9. The Morgan fingerprint density at radius 1 is 0.885 bits per heavy atom. The largest absolute Gasteiger partial charge is 0.461 e. The summed E-state index contributed by atoms with van der Waals surface area (Å²) in [5, 5.41) is 0. The molecule has 150 valence electrons. The Morgan fingerprint density at radius 3 is 1.92 bits per heavy atom. The molecule has 1 heterocycles. The number of aryl methyl sites for hydroxylation is 1. The van der Waals surface area contributed by atoms with E-state index in [1.54, 1.807) is 0 Å². The molecule has 0 spiro atoms. The number of carbonyl (C=O) groups is 1. The minimum atomic E-state index is -0.0513. The standard InChI is InChI=1S/C22H41N2O2/c1-3-4-5-6-7-8-9-10-11-12-13-14-15-16-22(25)26-20-19-24-18-17-23(2)21-24/h17-18,21H,3-16,19-20H2,1-2H3/q+1. The van der Waals surface area contributed by atoms with Crippen molar-refractivity contribution in [2.75, 3.05) is 6.61 Å². The monoisotopic (exact) mass is 365 g/mol. The van der Waals surface area contributed by atoms with Crippen LogP contribution in [-0.2, 0) is 23.1 Å². The number of esters is 1. The zero-order valence-corrected chi connectivity index (χ0v) is 17.3. The highest BCUT2D eigenvalue weighted by Crippen LogP contribution is 2.13. The van der Waals surface area contributed by atoms with Crippen molar-refractivity contribution in [2.45, 2.75) is 103 Å². The van der Waals surface area contributed by atoms with E-state index < -0.39 is 0 Å². The molecule has 0 aromatic carbocycles. The predicted molar refractivity (Wildman–Crippen MR) is 107 cm³/mol. The number of hydrogen-bond acceptors (Lipinski definition) is 2. The second kappa shape index (κ2) is 15.9. The van der Waals surface area contributed by atoms with E-state index in [-0.39, 0.29) is 5.97 Å². The Bertz CT molecular complexity index is 457. The molecule has 4 heteroatoms. The Balaban J connectivity index is 1.79. The number of carbonyl (C=O) groups excluding carboxylic acids is 1. The highest BCUT2D eigenvalue weighted by molar-refractivity contribution is 5.69. The van der Waals surface area contributed by atoms with Crippen LogP contribution in [-0.4, -0.2) is 17.1 Å². The highest BCUT2D eigenvalue weighted by atomic mass is 16.5. The Hall–Kier alpha value is -1.32. The molecule has 26 heavy (non-hydrogen) atoms. The summed E-state index contributed by atoms with van der Waals surface area (Å²) in [6.45, 7) is 3.46. The van der Waals surface area contributed by atoms with Crippen LogP contribution in [0.5, 0.6) is 0 Å². The van der Waals surface area contributed by atoms with Gasteiger partial charge in [-0.3, -0.25) is 4.79 Å². The maximum Gasteiger partial charge on any atom is 0.305 e. The summed E-state index contributed by atoms with van der Waals surface area (Å²) in [7, 11) is 1.98. The van der Waals surface area contributed by atoms with Gasteiger partial charge in [-0.1, -0.05) is 84.0 Å². The van der Waals surface area contributed by atoms with Crippen molar-refractivity contribution < 1.29 is 14.1 Å². The molecule has 4 nitrogen and oxygen atoms in total. The molecule has 0 radical (unpaired) electrons. The predicted octanol–water partition coefficient (Wildman–Crippen LogP) is 5.34. The zero-order chi connectivity index (χ0) is 18.9. The molecule has 0 aliphatic carbocycles. The van der Waals surface area contributed by atoms with E-state index in [4.69, 9.17) is 4.74 Å². The second-order valence-electron chi connectivity index (χ2n) is 7.53. The van der Waals surface area contributed by atoms with Crippen molar-refractivity contribution in [1.82, 2.24) is 4.57 Å². The first-order valence-electron chi connectivity index (χ1n) is 10.9. The Morgan fingerprint density at radius 2 is 1.42 bits per heavy atom. The Kier molecular flexibility index (Phi) is 13.9. The van der Waals surface area contributed by atoms with Crippen molar-refractivity contribution in [2.24, 2.45) is 7.05 Å². The molecular weight excluding hydrogens is 324 g/mol. The van der Waals surface area contributed by atoms with Gasteiger partial charge < -0.3 is 4.74 Å². The van der Waals surface area contributed by atoms with E-state index in [2.05, 4.69) is 6.92 Å². The van der Waals surface area contributed by atoms with Crippen molar-refractivity contribution in [3.05, 3.63) is 18.7 Å². The minimum absolute atomic E-state index is 0.0513. The van der Waals surface area contributed by atoms with Crippen molar-refractivity contribution in [3.8, 4) is 0 Å². The van der Waals surface area contributed by atoms with Gasteiger partial charge in [0.25, 0.3) is 0 Å². The fourth-order valence-electron chi connectivity index (χ4n) is 3.26. The van der Waals surface area contributed by atoms with E-state index in [1.165, 1.54) is 70.6 Å². The molecule has 1 aromatic heterocycles. The molecule has 0 aliphatic heterocycles. The number of ether oxygens (including phenoxy) is 1. The molecule has 0 fully saturated rings. The van der Waals surface area contributed by atoms with Gasteiger partial charge in [-0.15, -0.1) is 0 Å². The first kappa shape index (κ1) is 22.7. The van der Waals surface area contributed by atoms with Crippen molar-refractivity contribution >= 4 is 5.97 Å². The number of aromatic nitrogens is 2. The SMILES string of the molecule is CCCCCCCCCCCCCCCC(=O)OCCn1cc[n+](C)c1. The molecule has 0 aliphatic rings. The fourth-order valence-corrected chi connectivity index (χ4v) is 3.26. The van der Waals surface area contributed by atoms with Crippen LogP contribution in [0.2, 0.25) is 0 Å². The molecule has 0 bridgehead atoms. The molecule has 1 aromatic rings. The topological polar surface area (TPSA) is 35.1 Å². The van der Waals surface area contributed by atoms with Gasteiger partial charge in [0.1, 0.15) is 25.5 Å². The van der Waals surface area contributed by atoms with Gasteiger partial charge in [0.05, 0.1) is 7.05 Å². The first-order chi connectivity index (χ1) is 12.7. The average Bonchev–Trinajstić information content (AvgIpc) is 3.04. The summed E-state index contributed by atoms with van der Waals surface area (Å²) < 4.78 is 9.30. The highest BCUT2D eigenvalue weighted by Gasteiger charge is 2.05. The third-order valence-electron chi connectivity index (χ3n) is 4.92. The average molecular weight is 366 g/mol. The van der Waals surface area contributed by atoms with Crippen LogP contribution in [0.3, 0.4) is 0 Å². The second-order valence-corrected chi connectivity index (χ2v) is 7.53. The van der Waals surface area contributed by atoms with Gasteiger partial charge in [-0.05, 0) is 6.42 Å². The number of unbranched alkanes of at least 4 members (excludes halogenated alkanes) is 12. The summed E-state index contributed by atoms with van der Waals surface area (Å²) >= 11 is 0. The van der Waals surface area contributed by atoms with Crippen molar-refractivity contribution in [1.29, 1.82) is 0 Å². The molecule has 0 unspecified atom stereocenters. The van der Waals surface area contributed by atoms with E-state index in [9.17, 15) is 4.79 Å². The number of nitrogens with zero attached hydrogens (tertiary/aromatic N) is 2. The van der Waals surface area contributed by atoms with Gasteiger partial charge in [0.15, 0.2) is 0 Å². The van der Waals surface area contributed by atoms with Gasteiger partial charge >= 0.3 is 5.97 Å². The fraction of sp³-hybridized carbons (Fsp3) is 0.818. The van der Waals surface area contributed by atoms with Gasteiger partial charge in [0.2, 0.25) is 6.33 Å². The Labute approximate surface area is 160 Å². The molecule has 0 atom stereocenters. The van der Waals surface area contributed by atoms with Crippen LogP contribution >= 0.6 is 0 Å². The molecule has 0 saturated heterocycles. The van der Waals surface area contributed by atoms with Crippen LogP contribution in [0.1, 0.15) is 96.8 Å². The number of imidazole rings is 1. The summed E-state index contributed by atoms with van der Waals surface area (Å²) in [5.41, 5.74) is 0. The molecule has 0 amide bonds. The van der Waals surface area contributed by atoms with E-state index >= 15 is 0 Å². The van der Waals surface area contributed by atoms with E-state index in [0.717, 1.165) is 19.4 Å². The van der Waals surface area contributed by atoms with Gasteiger partial charge in [-0.2, -0.15) is 0 Å². The van der Waals surface area contributed by atoms with Crippen LogP contribution in [0.4, 0.5) is 0 Å². The lowest BCUT2D eigenvalue weighted by molar-refractivity contribution is -0.671. The minimum Gasteiger partial charge on any atom is -0.461 e. The third kappa shape index (κ3) is 13.0. The van der Waals surface area contributed by atoms with Crippen LogP contribution in [0, 0.1) is 0 Å². The van der Waals surface area contributed by atoms with Crippen LogP contribution < -0.4 is 4.57 Å². The lowest BCUT2D eigenvalue weighted by Gasteiger charge is -2.04. The quantitative estimate of drug-likeness (QED) is 0.212. The maximum atomic E-state index is 11.7. The lowest BCUT2D eigenvalue weighted by atomic mass is 10.0. The molecule has 0 saturated carbocycles. The third-order valence-corrected chi connectivity index (χ3v) is 4.92. The molecule has 0 N–H and O–H groups in total. The number of hydrogen-bond donors (Lipinski definition) is 0. The molecular formula is C22H41N2O2+. The van der Waals surface area contributed by atoms with Crippen LogP contribution in [0.25, 0.3) is 0 Å². The van der Waals surface area contributed by atoms with E-state index in [1.807, 2.05) is 34.9 Å². The summed E-state index contributed by atoms with van der Waals surface area (Å²) in [6, 6.07) is 0.